The molecule has 0 aliphatic heterocycles. The zero-order chi connectivity index (χ0) is 22.8. The van der Waals surface area contributed by atoms with Crippen LogP contribution >= 0.6 is 11.3 Å². The Morgan fingerprint density at radius 2 is 1.81 bits per heavy atom. The quantitative estimate of drug-likeness (QED) is 0.629. The van der Waals surface area contributed by atoms with E-state index in [2.05, 4.69) is 5.32 Å². The van der Waals surface area contributed by atoms with Gasteiger partial charge in [0.05, 0.1) is 18.4 Å². The number of nitrogens with one attached hydrogen (secondary N) is 1. The number of hydrogen-bond acceptors (Lipinski definition) is 6. The molecule has 0 atom stereocenters. The standard InChI is InChI=1S/C20H24FN3O5S2/c1-23(2)31(27,28)24(14-10-8-13(21)9-11-14)12-17(25)22-19-18(20(26)29-3)15-6-4-5-7-16(15)30-19/h8-11H,4-7,12H2,1-3H3,(H,22,25). The molecule has 11 heteroatoms. The first-order valence-corrected chi connectivity index (χ1v) is 11.8. The number of carbonyl (C=O) groups is 2. The number of nitrogens with zero attached hydrogens (tertiary/aromatic N) is 2. The van der Waals surface area contributed by atoms with Crippen LogP contribution in [0.1, 0.15) is 33.6 Å². The van der Waals surface area contributed by atoms with E-state index in [1.807, 2.05) is 0 Å². The maximum atomic E-state index is 13.3. The highest BCUT2D eigenvalue weighted by molar-refractivity contribution is 7.90. The number of aryl methyl sites for hydroxylation is 1. The van der Waals surface area contributed by atoms with Gasteiger partial charge in [-0.3, -0.25) is 4.79 Å². The second-order valence-corrected chi connectivity index (χ2v) is 10.4. The molecule has 31 heavy (non-hydrogen) atoms. The summed E-state index contributed by atoms with van der Waals surface area (Å²) in [5, 5.41) is 3.04. The molecular formula is C20H24FN3O5S2. The van der Waals surface area contributed by atoms with Gasteiger partial charge in [0.15, 0.2) is 0 Å². The van der Waals surface area contributed by atoms with Crippen molar-refractivity contribution < 1.29 is 27.1 Å². The third-order valence-corrected chi connectivity index (χ3v) is 7.98. The summed E-state index contributed by atoms with van der Waals surface area (Å²) in [4.78, 5) is 26.2. The minimum Gasteiger partial charge on any atom is -0.465 e. The molecule has 1 aliphatic carbocycles. The van der Waals surface area contributed by atoms with Crippen molar-refractivity contribution in [2.24, 2.45) is 0 Å². The fourth-order valence-electron chi connectivity index (χ4n) is 3.38. The molecule has 0 spiro atoms. The Bertz CT molecular complexity index is 1080. The van der Waals surface area contributed by atoms with Gasteiger partial charge in [0.25, 0.3) is 0 Å². The molecule has 0 bridgehead atoms. The minimum absolute atomic E-state index is 0.143. The number of amides is 1. The zero-order valence-electron chi connectivity index (χ0n) is 17.5. The highest BCUT2D eigenvalue weighted by atomic mass is 32.2. The number of fused-ring (bicyclic) bond motifs is 1. The van der Waals surface area contributed by atoms with Crippen molar-refractivity contribution in [1.82, 2.24) is 4.31 Å². The normalized spacial score (nSPS) is 13.6. The summed E-state index contributed by atoms with van der Waals surface area (Å²) in [6.45, 7) is -0.546. The predicted octanol–water partition coefficient (Wildman–Crippen LogP) is 2.80. The van der Waals surface area contributed by atoms with Crippen LogP contribution in [-0.2, 0) is 32.6 Å². The van der Waals surface area contributed by atoms with E-state index >= 15 is 0 Å². The Labute approximate surface area is 184 Å². The van der Waals surface area contributed by atoms with Crippen molar-refractivity contribution in [2.75, 3.05) is 37.4 Å². The summed E-state index contributed by atoms with van der Waals surface area (Å²) in [5.41, 5.74) is 1.36. The number of ether oxygens (including phenoxy) is 1. The number of methoxy groups -OCH3 is 1. The summed E-state index contributed by atoms with van der Waals surface area (Å²) >= 11 is 1.31. The lowest BCUT2D eigenvalue weighted by Crippen LogP contribution is -2.44. The van der Waals surface area contributed by atoms with Crippen molar-refractivity contribution in [3.05, 3.63) is 46.1 Å². The molecule has 1 aromatic heterocycles. The molecule has 3 rings (SSSR count). The molecule has 8 nitrogen and oxygen atoms in total. The van der Waals surface area contributed by atoms with Gasteiger partial charge in [0.1, 0.15) is 17.4 Å². The van der Waals surface area contributed by atoms with E-state index in [4.69, 9.17) is 4.74 Å². The van der Waals surface area contributed by atoms with E-state index in [1.165, 1.54) is 44.7 Å². The molecule has 0 saturated carbocycles. The van der Waals surface area contributed by atoms with E-state index in [1.54, 1.807) is 0 Å². The Morgan fingerprint density at radius 1 is 1.16 bits per heavy atom. The van der Waals surface area contributed by atoms with Gasteiger partial charge in [-0.2, -0.15) is 12.7 Å². The average molecular weight is 470 g/mol. The third kappa shape index (κ3) is 4.89. The first-order chi connectivity index (χ1) is 14.6. The monoisotopic (exact) mass is 469 g/mol. The van der Waals surface area contributed by atoms with Gasteiger partial charge >= 0.3 is 16.2 Å². The van der Waals surface area contributed by atoms with Crippen LogP contribution in [0.5, 0.6) is 0 Å². The molecule has 2 aromatic rings. The van der Waals surface area contributed by atoms with Crippen LogP contribution in [0, 0.1) is 5.82 Å². The first-order valence-electron chi connectivity index (χ1n) is 9.63. The molecule has 1 heterocycles. The van der Waals surface area contributed by atoms with E-state index in [0.29, 0.717) is 10.6 Å². The Morgan fingerprint density at radius 3 is 2.42 bits per heavy atom. The Hall–Kier alpha value is -2.50. The van der Waals surface area contributed by atoms with E-state index in [9.17, 15) is 22.4 Å². The number of carbonyl (C=O) groups excluding carboxylic acids is 2. The van der Waals surface area contributed by atoms with Crippen LogP contribution in [0.3, 0.4) is 0 Å². The number of thiophene rings is 1. The fourth-order valence-corrected chi connectivity index (χ4v) is 5.74. The highest BCUT2D eigenvalue weighted by Gasteiger charge is 2.30. The predicted molar refractivity (Wildman–Crippen MR) is 117 cm³/mol. The number of benzene rings is 1. The molecule has 1 aromatic carbocycles. The molecule has 0 saturated heterocycles. The Balaban J connectivity index is 1.91. The number of rotatable bonds is 7. The van der Waals surface area contributed by atoms with Gasteiger partial charge in [-0.15, -0.1) is 11.3 Å². The molecule has 0 fully saturated rings. The van der Waals surface area contributed by atoms with Gasteiger partial charge < -0.3 is 10.1 Å². The lowest BCUT2D eigenvalue weighted by atomic mass is 9.95. The smallest absolute Gasteiger partial charge is 0.341 e. The van der Waals surface area contributed by atoms with E-state index in [-0.39, 0.29) is 5.69 Å². The number of esters is 1. The van der Waals surface area contributed by atoms with Crippen LogP contribution in [0.4, 0.5) is 15.1 Å². The molecule has 0 radical (unpaired) electrons. The highest BCUT2D eigenvalue weighted by Crippen LogP contribution is 2.38. The van der Waals surface area contributed by atoms with Crippen molar-refractivity contribution >= 4 is 44.1 Å². The van der Waals surface area contributed by atoms with Gasteiger partial charge in [0, 0.05) is 19.0 Å². The maximum Gasteiger partial charge on any atom is 0.341 e. The van der Waals surface area contributed by atoms with Crippen LogP contribution in [0.2, 0.25) is 0 Å². The minimum atomic E-state index is -4.03. The fraction of sp³-hybridized carbons (Fsp3) is 0.400. The van der Waals surface area contributed by atoms with Gasteiger partial charge in [-0.1, -0.05) is 0 Å². The summed E-state index contributed by atoms with van der Waals surface area (Å²) < 4.78 is 45.6. The third-order valence-electron chi connectivity index (χ3n) is 4.96. The molecule has 168 valence electrons. The maximum absolute atomic E-state index is 13.3. The molecule has 1 aliphatic rings. The van der Waals surface area contributed by atoms with Gasteiger partial charge in [-0.25, -0.2) is 13.5 Å². The summed E-state index contributed by atoms with van der Waals surface area (Å²) in [6.07, 6.45) is 3.49. The van der Waals surface area contributed by atoms with Crippen molar-refractivity contribution in [1.29, 1.82) is 0 Å². The molecule has 1 N–H and O–H groups in total. The molecule has 1 amide bonds. The van der Waals surface area contributed by atoms with Crippen LogP contribution < -0.4 is 9.62 Å². The zero-order valence-corrected chi connectivity index (χ0v) is 19.1. The Kier molecular flexibility index (Phi) is 6.97. The van der Waals surface area contributed by atoms with Crippen LogP contribution in [0.25, 0.3) is 0 Å². The topological polar surface area (TPSA) is 96.0 Å². The number of halogens is 1. The van der Waals surface area contributed by atoms with Crippen LogP contribution in [-0.4, -0.2) is 52.3 Å². The summed E-state index contributed by atoms with van der Waals surface area (Å²) in [5.74, 6) is -1.69. The first kappa shape index (κ1) is 23.2. The van der Waals surface area contributed by atoms with Crippen molar-refractivity contribution in [3.63, 3.8) is 0 Å². The SMILES string of the molecule is COC(=O)c1c(NC(=O)CN(c2ccc(F)cc2)S(=O)(=O)N(C)C)sc2c1CCCC2. The summed E-state index contributed by atoms with van der Waals surface area (Å²) in [6, 6.07) is 4.81. The van der Waals surface area contributed by atoms with Gasteiger partial charge in [-0.05, 0) is 55.5 Å². The van der Waals surface area contributed by atoms with Gasteiger partial charge in [0.2, 0.25) is 5.91 Å². The van der Waals surface area contributed by atoms with Crippen molar-refractivity contribution in [3.8, 4) is 0 Å². The average Bonchev–Trinajstić information content (AvgIpc) is 3.09. The van der Waals surface area contributed by atoms with E-state index < -0.39 is 34.4 Å². The second kappa shape index (κ2) is 9.33. The largest absolute Gasteiger partial charge is 0.465 e. The lowest BCUT2D eigenvalue weighted by molar-refractivity contribution is -0.114. The van der Waals surface area contributed by atoms with Crippen molar-refractivity contribution in [2.45, 2.75) is 25.7 Å². The lowest BCUT2D eigenvalue weighted by Gasteiger charge is -2.26. The van der Waals surface area contributed by atoms with E-state index in [0.717, 1.165) is 56.9 Å². The number of anilines is 2. The molecular weight excluding hydrogens is 445 g/mol. The number of hydrogen-bond donors (Lipinski definition) is 1. The van der Waals surface area contributed by atoms with Crippen LogP contribution in [0.15, 0.2) is 24.3 Å². The molecule has 0 unspecified atom stereocenters. The summed E-state index contributed by atoms with van der Waals surface area (Å²) in [7, 11) is -0.0725. The second-order valence-electron chi connectivity index (χ2n) is 7.23.